The van der Waals surface area contributed by atoms with Gasteiger partial charge in [0.05, 0.1) is 6.10 Å². The highest BCUT2D eigenvalue weighted by Crippen LogP contribution is 2.27. The van der Waals surface area contributed by atoms with Gasteiger partial charge in [-0.05, 0) is 31.7 Å². The number of aliphatic hydroxyl groups is 1. The van der Waals surface area contributed by atoms with Crippen LogP contribution in [0.3, 0.4) is 0 Å². The first-order valence-electron chi connectivity index (χ1n) is 6.64. The van der Waals surface area contributed by atoms with Crippen molar-refractivity contribution in [2.24, 2.45) is 5.92 Å². The molecule has 17 heavy (non-hydrogen) atoms. The number of carbonyl (C=O) groups excluding carboxylic acids is 1. The van der Waals surface area contributed by atoms with Gasteiger partial charge in [-0.2, -0.15) is 0 Å². The van der Waals surface area contributed by atoms with Crippen LogP contribution in [0.25, 0.3) is 0 Å². The van der Waals surface area contributed by atoms with Crippen LogP contribution in [0.4, 0.5) is 0 Å². The van der Waals surface area contributed by atoms with Gasteiger partial charge in [0.2, 0.25) is 5.91 Å². The van der Waals surface area contributed by atoms with Crippen molar-refractivity contribution in [2.45, 2.75) is 51.7 Å². The Hall–Kier alpha value is -0.610. The lowest BCUT2D eigenvalue weighted by Crippen LogP contribution is -2.39. The summed E-state index contributed by atoms with van der Waals surface area (Å²) in [4.78, 5) is 13.6. The van der Waals surface area contributed by atoms with E-state index in [1.807, 2.05) is 11.9 Å². The second-order valence-corrected chi connectivity index (χ2v) is 5.48. The summed E-state index contributed by atoms with van der Waals surface area (Å²) in [6.07, 6.45) is 3.10. The molecule has 4 heteroatoms. The molecule has 0 unspecified atom stereocenters. The molecule has 0 radical (unpaired) electrons. The number of rotatable bonds is 7. The average Bonchev–Trinajstić information content (AvgIpc) is 2.21. The summed E-state index contributed by atoms with van der Waals surface area (Å²) in [5, 5.41) is 12.5. The van der Waals surface area contributed by atoms with Crippen LogP contribution in [0, 0.1) is 5.92 Å². The van der Waals surface area contributed by atoms with Gasteiger partial charge in [-0.1, -0.05) is 13.8 Å². The lowest BCUT2D eigenvalue weighted by Gasteiger charge is -2.34. The molecule has 1 saturated carbocycles. The van der Waals surface area contributed by atoms with E-state index < -0.39 is 0 Å². The molecule has 0 aromatic heterocycles. The van der Waals surface area contributed by atoms with Crippen molar-refractivity contribution >= 4 is 5.91 Å². The first kappa shape index (κ1) is 14.5. The topological polar surface area (TPSA) is 52.6 Å². The fraction of sp³-hybridized carbons (Fsp3) is 0.923. The molecule has 1 amide bonds. The van der Waals surface area contributed by atoms with Gasteiger partial charge < -0.3 is 15.3 Å². The van der Waals surface area contributed by atoms with E-state index in [9.17, 15) is 9.90 Å². The zero-order valence-corrected chi connectivity index (χ0v) is 11.3. The van der Waals surface area contributed by atoms with Crippen molar-refractivity contribution in [1.29, 1.82) is 0 Å². The molecular formula is C13H26N2O2. The Balaban J connectivity index is 2.06. The first-order chi connectivity index (χ1) is 7.99. The summed E-state index contributed by atoms with van der Waals surface area (Å²) in [5.74, 6) is 0.727. The lowest BCUT2D eigenvalue weighted by molar-refractivity contribution is -0.131. The summed E-state index contributed by atoms with van der Waals surface area (Å²) in [7, 11) is 1.86. The van der Waals surface area contributed by atoms with E-state index in [0.717, 1.165) is 32.4 Å². The maximum atomic E-state index is 11.8. The van der Waals surface area contributed by atoms with E-state index in [0.29, 0.717) is 18.4 Å². The van der Waals surface area contributed by atoms with Gasteiger partial charge in [0.25, 0.3) is 0 Å². The van der Waals surface area contributed by atoms with Crippen LogP contribution in [0.15, 0.2) is 0 Å². The largest absolute Gasteiger partial charge is 0.393 e. The van der Waals surface area contributed by atoms with Crippen molar-refractivity contribution in [2.75, 3.05) is 20.1 Å². The van der Waals surface area contributed by atoms with Crippen LogP contribution in [0.1, 0.15) is 39.5 Å². The second-order valence-electron chi connectivity index (χ2n) is 5.48. The van der Waals surface area contributed by atoms with Crippen LogP contribution in [0.2, 0.25) is 0 Å². The third-order valence-electron chi connectivity index (χ3n) is 3.29. The standard InChI is InChI=1S/C13H26N2O2/c1-10(2)14-6-4-5-13(17)15(3)9-11-7-12(16)8-11/h10-12,14,16H,4-9H2,1-3H3. The zero-order valence-electron chi connectivity index (χ0n) is 11.3. The van der Waals surface area contributed by atoms with Gasteiger partial charge in [0.15, 0.2) is 0 Å². The van der Waals surface area contributed by atoms with Crippen molar-refractivity contribution in [3.8, 4) is 0 Å². The number of nitrogens with one attached hydrogen (secondary N) is 1. The molecular weight excluding hydrogens is 216 g/mol. The van der Waals surface area contributed by atoms with E-state index in [4.69, 9.17) is 0 Å². The Kier molecular flexibility index (Phi) is 5.92. The average molecular weight is 242 g/mol. The molecule has 0 aromatic rings. The number of hydrogen-bond acceptors (Lipinski definition) is 3. The van der Waals surface area contributed by atoms with Crippen LogP contribution in [-0.2, 0) is 4.79 Å². The molecule has 1 rings (SSSR count). The molecule has 4 nitrogen and oxygen atoms in total. The van der Waals surface area contributed by atoms with E-state index in [2.05, 4.69) is 19.2 Å². The number of hydrogen-bond donors (Lipinski definition) is 2. The molecule has 2 N–H and O–H groups in total. The molecule has 0 aromatic carbocycles. The molecule has 0 heterocycles. The molecule has 1 aliphatic carbocycles. The SMILES string of the molecule is CC(C)NCCCC(=O)N(C)CC1CC(O)C1. The van der Waals surface area contributed by atoms with Crippen LogP contribution in [0.5, 0.6) is 0 Å². The van der Waals surface area contributed by atoms with Gasteiger partial charge in [-0.3, -0.25) is 4.79 Å². The Morgan fingerprint density at radius 1 is 1.47 bits per heavy atom. The van der Waals surface area contributed by atoms with Gasteiger partial charge in [-0.25, -0.2) is 0 Å². The quantitative estimate of drug-likeness (QED) is 0.655. The first-order valence-corrected chi connectivity index (χ1v) is 6.64. The van der Waals surface area contributed by atoms with Crippen molar-refractivity contribution in [3.63, 3.8) is 0 Å². The van der Waals surface area contributed by atoms with Crippen LogP contribution < -0.4 is 5.32 Å². The highest BCUT2D eigenvalue weighted by atomic mass is 16.3. The molecule has 1 aliphatic rings. The molecule has 1 fully saturated rings. The fourth-order valence-corrected chi connectivity index (χ4v) is 2.16. The molecule has 100 valence electrons. The number of carbonyl (C=O) groups is 1. The lowest BCUT2D eigenvalue weighted by atomic mass is 9.82. The Morgan fingerprint density at radius 3 is 2.65 bits per heavy atom. The highest BCUT2D eigenvalue weighted by molar-refractivity contribution is 5.75. The highest BCUT2D eigenvalue weighted by Gasteiger charge is 2.28. The molecule has 0 bridgehead atoms. The molecule has 0 atom stereocenters. The summed E-state index contributed by atoms with van der Waals surface area (Å²) >= 11 is 0. The van der Waals surface area contributed by atoms with Gasteiger partial charge in [0.1, 0.15) is 0 Å². The minimum absolute atomic E-state index is 0.126. The van der Waals surface area contributed by atoms with Crippen LogP contribution >= 0.6 is 0 Å². The predicted octanol–water partition coefficient (Wildman–Crippen LogP) is 0.994. The van der Waals surface area contributed by atoms with Crippen molar-refractivity contribution < 1.29 is 9.90 Å². The van der Waals surface area contributed by atoms with Crippen LogP contribution in [-0.4, -0.2) is 48.2 Å². The Bertz CT molecular complexity index is 238. The summed E-state index contributed by atoms with van der Waals surface area (Å²) in [6.45, 7) is 5.92. The van der Waals surface area contributed by atoms with Crippen molar-refractivity contribution in [1.82, 2.24) is 10.2 Å². The summed E-state index contributed by atoms with van der Waals surface area (Å²) in [5.41, 5.74) is 0. The number of amides is 1. The maximum Gasteiger partial charge on any atom is 0.222 e. The maximum absolute atomic E-state index is 11.8. The summed E-state index contributed by atoms with van der Waals surface area (Å²) in [6, 6.07) is 0.485. The number of nitrogens with zero attached hydrogens (tertiary/aromatic N) is 1. The zero-order chi connectivity index (χ0) is 12.8. The molecule has 0 aliphatic heterocycles. The molecule has 0 spiro atoms. The van der Waals surface area contributed by atoms with E-state index in [-0.39, 0.29) is 12.0 Å². The van der Waals surface area contributed by atoms with Crippen molar-refractivity contribution in [3.05, 3.63) is 0 Å². The smallest absolute Gasteiger partial charge is 0.222 e. The van der Waals surface area contributed by atoms with E-state index >= 15 is 0 Å². The Labute approximate surface area is 104 Å². The van der Waals surface area contributed by atoms with E-state index in [1.54, 1.807) is 0 Å². The fourth-order valence-electron chi connectivity index (χ4n) is 2.16. The number of aliphatic hydroxyl groups excluding tert-OH is 1. The monoisotopic (exact) mass is 242 g/mol. The van der Waals surface area contributed by atoms with Gasteiger partial charge >= 0.3 is 0 Å². The molecule has 0 saturated heterocycles. The predicted molar refractivity (Wildman–Crippen MR) is 68.7 cm³/mol. The third-order valence-corrected chi connectivity index (χ3v) is 3.29. The minimum Gasteiger partial charge on any atom is -0.393 e. The normalized spacial score (nSPS) is 23.6. The van der Waals surface area contributed by atoms with Gasteiger partial charge in [0, 0.05) is 26.1 Å². The second kappa shape index (κ2) is 6.97. The Morgan fingerprint density at radius 2 is 2.12 bits per heavy atom. The minimum atomic E-state index is -0.126. The van der Waals surface area contributed by atoms with E-state index in [1.165, 1.54) is 0 Å². The summed E-state index contributed by atoms with van der Waals surface area (Å²) < 4.78 is 0. The third kappa shape index (κ3) is 5.50. The van der Waals surface area contributed by atoms with Gasteiger partial charge in [-0.15, -0.1) is 0 Å².